The first-order valence-corrected chi connectivity index (χ1v) is 15.6. The van der Waals surface area contributed by atoms with Crippen molar-refractivity contribution in [1.29, 1.82) is 0 Å². The van der Waals surface area contributed by atoms with Gasteiger partial charge in [-0.1, -0.05) is 24.3 Å². The second kappa shape index (κ2) is 12.2. The van der Waals surface area contributed by atoms with Crippen LogP contribution in [0.4, 0.5) is 0 Å². The van der Waals surface area contributed by atoms with Gasteiger partial charge in [0.2, 0.25) is 0 Å². The quantitative estimate of drug-likeness (QED) is 0.300. The largest absolute Gasteiger partial charge is 0.493 e. The molecule has 2 N–H and O–H groups in total. The fourth-order valence-corrected chi connectivity index (χ4v) is 7.12. The van der Waals surface area contributed by atoms with E-state index in [9.17, 15) is 9.59 Å². The minimum Gasteiger partial charge on any atom is -0.493 e. The van der Waals surface area contributed by atoms with E-state index >= 15 is 0 Å². The zero-order valence-corrected chi connectivity index (χ0v) is 25.9. The molecule has 0 spiro atoms. The molecule has 0 saturated carbocycles. The van der Waals surface area contributed by atoms with E-state index in [2.05, 4.69) is 13.2 Å². The Bertz CT molecular complexity index is 1500. The molecule has 2 fully saturated rings. The minimum atomic E-state index is -0.684. The second-order valence-corrected chi connectivity index (χ2v) is 12.6. The average molecular weight is 602 g/mol. The van der Waals surface area contributed by atoms with Crippen LogP contribution in [0.15, 0.2) is 48.6 Å². The molecule has 2 aromatic carbocycles. The predicted octanol–water partition coefficient (Wildman–Crippen LogP) is 5.05. The molecular formula is C35H43N3O6. The number of fused-ring (bicyclic) bond motifs is 4. The number of carbonyl (C=O) groups is 2. The highest BCUT2D eigenvalue weighted by atomic mass is 16.5. The molecule has 9 heteroatoms. The van der Waals surface area contributed by atoms with E-state index in [0.717, 1.165) is 60.8 Å². The van der Waals surface area contributed by atoms with Crippen LogP contribution in [0.3, 0.4) is 0 Å². The summed E-state index contributed by atoms with van der Waals surface area (Å²) >= 11 is 0. The number of benzene rings is 2. The molecular weight excluding hydrogens is 558 g/mol. The average Bonchev–Trinajstić information content (AvgIpc) is 3.48. The van der Waals surface area contributed by atoms with E-state index in [4.69, 9.17) is 24.7 Å². The van der Waals surface area contributed by atoms with Crippen molar-refractivity contribution in [2.45, 2.75) is 69.5 Å². The minimum absolute atomic E-state index is 0.0543. The number of hydrogen-bond donors (Lipinski definition) is 1. The Balaban J connectivity index is 1.01. The van der Waals surface area contributed by atoms with Gasteiger partial charge < -0.3 is 34.5 Å². The zero-order chi connectivity index (χ0) is 31.0. The van der Waals surface area contributed by atoms with Crippen LogP contribution in [-0.4, -0.2) is 73.8 Å². The van der Waals surface area contributed by atoms with Crippen LogP contribution in [0.25, 0.3) is 0 Å². The Morgan fingerprint density at radius 3 is 2.07 bits per heavy atom. The van der Waals surface area contributed by atoms with E-state index in [0.29, 0.717) is 79.7 Å². The highest BCUT2D eigenvalue weighted by Crippen LogP contribution is 2.40. The summed E-state index contributed by atoms with van der Waals surface area (Å²) in [5, 5.41) is 0. The van der Waals surface area contributed by atoms with Crippen LogP contribution < -0.4 is 24.7 Å². The Labute approximate surface area is 259 Å². The molecule has 9 nitrogen and oxygen atoms in total. The number of amides is 2. The molecule has 0 aromatic heterocycles. The summed E-state index contributed by atoms with van der Waals surface area (Å²) in [5.74, 6) is 2.42. The normalized spacial score (nSPS) is 22.6. The third-order valence-electron chi connectivity index (χ3n) is 9.46. The number of nitrogens with two attached hydrogens (primary N) is 1. The predicted molar refractivity (Wildman–Crippen MR) is 168 cm³/mol. The molecule has 234 valence electrons. The van der Waals surface area contributed by atoms with Crippen molar-refractivity contribution in [2.75, 3.05) is 40.5 Å². The van der Waals surface area contributed by atoms with Gasteiger partial charge in [0.1, 0.15) is 0 Å². The number of hydrogen-bond acceptors (Lipinski definition) is 7. The Morgan fingerprint density at radius 1 is 0.818 bits per heavy atom. The van der Waals surface area contributed by atoms with Gasteiger partial charge >= 0.3 is 0 Å². The Morgan fingerprint density at radius 2 is 1.43 bits per heavy atom. The van der Waals surface area contributed by atoms with Gasteiger partial charge in [-0.3, -0.25) is 9.59 Å². The number of carbonyl (C=O) groups excluding carboxylic acids is 2. The highest BCUT2D eigenvalue weighted by Gasteiger charge is 2.44. The topological polar surface area (TPSA) is 104 Å². The van der Waals surface area contributed by atoms with E-state index < -0.39 is 5.66 Å². The Hall–Kier alpha value is -3.98. The molecule has 0 aliphatic carbocycles. The summed E-state index contributed by atoms with van der Waals surface area (Å²) in [4.78, 5) is 30.3. The van der Waals surface area contributed by atoms with Crippen LogP contribution >= 0.6 is 0 Å². The van der Waals surface area contributed by atoms with Gasteiger partial charge in [0.15, 0.2) is 23.0 Å². The first-order valence-electron chi connectivity index (χ1n) is 15.6. The molecule has 0 unspecified atom stereocenters. The molecule has 4 aliphatic heterocycles. The molecule has 2 atom stereocenters. The summed E-state index contributed by atoms with van der Waals surface area (Å²) in [6.07, 6.45) is 7.22. The van der Waals surface area contributed by atoms with Gasteiger partial charge in [-0.2, -0.15) is 0 Å². The number of unbranched alkanes of at least 4 members (excludes halogenated alkanes) is 2. The molecule has 2 aromatic rings. The van der Waals surface area contributed by atoms with Crippen molar-refractivity contribution in [3.63, 3.8) is 0 Å². The fraction of sp³-hybridized carbons (Fsp3) is 0.486. The second-order valence-electron chi connectivity index (χ2n) is 12.6. The number of ether oxygens (including phenoxy) is 4. The fourth-order valence-electron chi connectivity index (χ4n) is 7.12. The number of rotatable bonds is 10. The lowest BCUT2D eigenvalue weighted by atomic mass is 9.97. The van der Waals surface area contributed by atoms with Crippen molar-refractivity contribution < 1.29 is 28.5 Å². The molecule has 0 bridgehead atoms. The highest BCUT2D eigenvalue weighted by molar-refractivity contribution is 5.98. The maximum atomic E-state index is 13.4. The third kappa shape index (κ3) is 5.65. The van der Waals surface area contributed by atoms with Crippen molar-refractivity contribution in [3.8, 4) is 23.0 Å². The molecule has 44 heavy (non-hydrogen) atoms. The summed E-state index contributed by atoms with van der Waals surface area (Å²) in [6, 6.07) is 7.76. The van der Waals surface area contributed by atoms with E-state index in [1.807, 2.05) is 23.1 Å². The third-order valence-corrected chi connectivity index (χ3v) is 9.46. The molecule has 0 radical (unpaired) electrons. The van der Waals surface area contributed by atoms with E-state index in [-0.39, 0.29) is 17.9 Å². The summed E-state index contributed by atoms with van der Waals surface area (Å²) in [5.41, 5.74) is 11.3. The monoisotopic (exact) mass is 601 g/mol. The van der Waals surface area contributed by atoms with Gasteiger partial charge in [-0.25, -0.2) is 0 Å². The number of methoxy groups -OCH3 is 2. The molecule has 4 aliphatic rings. The first kappa shape index (κ1) is 30.1. The number of nitrogens with zero attached hydrogens (tertiary/aromatic N) is 2. The van der Waals surface area contributed by atoms with Crippen molar-refractivity contribution in [2.24, 2.45) is 5.73 Å². The summed E-state index contributed by atoms with van der Waals surface area (Å²) < 4.78 is 23.5. The Kier molecular flexibility index (Phi) is 8.33. The lowest BCUT2D eigenvalue weighted by molar-refractivity contribution is 0.0604. The van der Waals surface area contributed by atoms with Crippen LogP contribution in [0.1, 0.15) is 76.8 Å². The SMILES string of the molecule is C=C1C[C@H]2CCc3cc(OCCCCCOc4cc5c(cc4OC)C(=O)N4CC(=C)C[C@@]4(N)CC5)c(OC)cc3C(=O)N2C1. The van der Waals surface area contributed by atoms with Gasteiger partial charge in [0.05, 0.1) is 33.1 Å². The maximum Gasteiger partial charge on any atom is 0.256 e. The number of aryl methyl sites for hydroxylation is 2. The molecule has 6 rings (SSSR count). The van der Waals surface area contributed by atoms with E-state index in [1.54, 1.807) is 25.2 Å². The van der Waals surface area contributed by atoms with Crippen LogP contribution in [0.2, 0.25) is 0 Å². The molecule has 2 saturated heterocycles. The smallest absolute Gasteiger partial charge is 0.256 e. The van der Waals surface area contributed by atoms with Gasteiger partial charge in [0.25, 0.3) is 11.8 Å². The zero-order valence-electron chi connectivity index (χ0n) is 25.9. The van der Waals surface area contributed by atoms with Gasteiger partial charge in [0, 0.05) is 36.7 Å². The standard InChI is InChI=1S/C35H43N3O6/c1-22-14-26-9-8-24-15-31(29(41-3)17-27(24)33(39)37(26)20-22)43-12-6-5-7-13-44-32-16-25-10-11-35(36)19-23(2)21-38(35)34(40)28(25)18-30(32)42-4/h15-18,26H,1-2,5-14,19-21,36H2,3-4H3/t26-,35-/m1/s1. The summed E-state index contributed by atoms with van der Waals surface area (Å²) in [6.45, 7) is 10.3. The van der Waals surface area contributed by atoms with E-state index in [1.165, 1.54) is 0 Å². The lowest BCUT2D eigenvalue weighted by Crippen LogP contribution is -2.53. The van der Waals surface area contributed by atoms with Crippen LogP contribution in [0, 0.1) is 0 Å². The molecule has 2 amide bonds. The van der Waals surface area contributed by atoms with Gasteiger partial charge in [-0.05, 0) is 86.8 Å². The summed E-state index contributed by atoms with van der Waals surface area (Å²) in [7, 11) is 3.19. The lowest BCUT2D eigenvalue weighted by Gasteiger charge is -2.32. The van der Waals surface area contributed by atoms with Crippen molar-refractivity contribution in [1.82, 2.24) is 9.80 Å². The molecule has 4 heterocycles. The van der Waals surface area contributed by atoms with Gasteiger partial charge in [-0.15, -0.1) is 0 Å². The van der Waals surface area contributed by atoms with Crippen molar-refractivity contribution >= 4 is 11.8 Å². The maximum absolute atomic E-state index is 13.4. The van der Waals surface area contributed by atoms with Crippen LogP contribution in [-0.2, 0) is 12.8 Å². The van der Waals surface area contributed by atoms with Crippen molar-refractivity contribution in [3.05, 3.63) is 70.8 Å². The first-order chi connectivity index (χ1) is 21.2. The van der Waals surface area contributed by atoms with Crippen LogP contribution in [0.5, 0.6) is 23.0 Å².